The molecule has 15 heteroatoms. The Morgan fingerprint density at radius 1 is 0.877 bits per heavy atom. The van der Waals surface area contributed by atoms with Crippen molar-refractivity contribution in [3.05, 3.63) is 78.5 Å². The van der Waals surface area contributed by atoms with Gasteiger partial charge in [-0.25, -0.2) is 24.3 Å². The van der Waals surface area contributed by atoms with Gasteiger partial charge in [0.1, 0.15) is 30.0 Å². The molecule has 3 aromatic heterocycles. The Hall–Kier alpha value is -6.09. The lowest BCUT2D eigenvalue weighted by molar-refractivity contribution is -0.133. The summed E-state index contributed by atoms with van der Waals surface area (Å²) in [5, 5.41) is 13.1. The average molecular weight is 772 g/mol. The molecular formula is C42H46FN11O3. The van der Waals surface area contributed by atoms with Crippen LogP contribution in [0.15, 0.2) is 67.1 Å². The zero-order valence-electron chi connectivity index (χ0n) is 31.9. The summed E-state index contributed by atoms with van der Waals surface area (Å²) in [6.07, 6.45) is 8.39. The van der Waals surface area contributed by atoms with Gasteiger partial charge in [0.05, 0.1) is 23.1 Å². The highest BCUT2D eigenvalue weighted by Crippen LogP contribution is 2.36. The van der Waals surface area contributed by atoms with Crippen LogP contribution < -0.4 is 35.8 Å². The SMILES string of the molecule is Cc1c(-c2ccc3cnc(Nc4ccc(N5CCC(CN6CCN(c7ccc(NC8CCC(=O)NC8=O)cc7F)CC6)CC5)nc4)nc3c2)cnc2c1NCCO2. The number of piperazine rings is 1. The standard InChI is InChI=1S/C42H46FN11O3/c1-26-32(24-46-41-39(26)44-12-19-57-41)28-2-3-29-22-47-42(50-35(29)20-28)49-31-5-8-37(45-23-31)54-13-10-27(11-14-54)25-52-15-17-53(18-16-52)36-7-4-30(21-33(36)43)48-34-6-9-38(55)51-40(34)56/h2-5,7-8,20-24,27,34,44,48H,6,9-19,25H2,1H3,(H,47,49,50)(H,51,55,56). The number of hydrogen-bond acceptors (Lipinski definition) is 13. The van der Waals surface area contributed by atoms with E-state index in [1.54, 1.807) is 12.1 Å². The van der Waals surface area contributed by atoms with E-state index in [1.165, 1.54) is 6.07 Å². The first-order valence-corrected chi connectivity index (χ1v) is 19.8. The van der Waals surface area contributed by atoms with Crippen molar-refractivity contribution in [3.8, 4) is 17.0 Å². The van der Waals surface area contributed by atoms with Crippen LogP contribution in [0.1, 0.15) is 31.2 Å². The van der Waals surface area contributed by atoms with Gasteiger partial charge in [-0.1, -0.05) is 12.1 Å². The molecule has 3 saturated heterocycles. The van der Waals surface area contributed by atoms with Crippen molar-refractivity contribution in [1.29, 1.82) is 0 Å². The number of hydrogen-bond donors (Lipinski definition) is 4. The first-order valence-electron chi connectivity index (χ1n) is 19.8. The lowest BCUT2D eigenvalue weighted by Crippen LogP contribution is -2.49. The number of nitrogens with one attached hydrogen (secondary N) is 4. The van der Waals surface area contributed by atoms with E-state index in [1.807, 2.05) is 30.7 Å². The van der Waals surface area contributed by atoms with Gasteiger partial charge < -0.3 is 30.5 Å². The second kappa shape index (κ2) is 15.8. The van der Waals surface area contributed by atoms with Crippen LogP contribution in [-0.2, 0) is 9.59 Å². The van der Waals surface area contributed by atoms with E-state index in [0.29, 0.717) is 42.1 Å². The zero-order valence-corrected chi connectivity index (χ0v) is 31.9. The molecule has 57 heavy (non-hydrogen) atoms. The van der Waals surface area contributed by atoms with Crippen LogP contribution in [-0.4, -0.2) is 102 Å². The normalized spacial score (nSPS) is 19.1. The summed E-state index contributed by atoms with van der Waals surface area (Å²) in [7, 11) is 0. The highest BCUT2D eigenvalue weighted by molar-refractivity contribution is 6.01. The summed E-state index contributed by atoms with van der Waals surface area (Å²) in [4.78, 5) is 49.2. The van der Waals surface area contributed by atoms with E-state index in [4.69, 9.17) is 14.7 Å². The maximum Gasteiger partial charge on any atom is 0.249 e. The largest absolute Gasteiger partial charge is 0.474 e. The van der Waals surface area contributed by atoms with Crippen LogP contribution in [0.3, 0.4) is 0 Å². The minimum Gasteiger partial charge on any atom is -0.474 e. The molecule has 0 spiro atoms. The van der Waals surface area contributed by atoms with E-state index in [9.17, 15) is 9.59 Å². The van der Waals surface area contributed by atoms with Gasteiger partial charge in [0.2, 0.25) is 23.6 Å². The Bertz CT molecular complexity index is 2290. The van der Waals surface area contributed by atoms with Crippen LogP contribution in [0.4, 0.5) is 38.9 Å². The molecule has 0 radical (unpaired) electrons. The van der Waals surface area contributed by atoms with Crippen molar-refractivity contribution in [2.45, 2.75) is 38.6 Å². The van der Waals surface area contributed by atoms with Gasteiger partial charge in [0.15, 0.2) is 0 Å². The van der Waals surface area contributed by atoms with Crippen LogP contribution in [0.2, 0.25) is 0 Å². The van der Waals surface area contributed by atoms with Gasteiger partial charge in [-0.2, -0.15) is 0 Å². The minimum absolute atomic E-state index is 0.272. The highest BCUT2D eigenvalue weighted by atomic mass is 19.1. The number of fused-ring (bicyclic) bond motifs is 2. The van der Waals surface area contributed by atoms with Crippen molar-refractivity contribution in [3.63, 3.8) is 0 Å². The van der Waals surface area contributed by atoms with Crippen molar-refractivity contribution in [2.75, 3.05) is 84.7 Å². The number of imide groups is 1. The average Bonchev–Trinajstić information content (AvgIpc) is 3.23. The summed E-state index contributed by atoms with van der Waals surface area (Å²) in [6.45, 7) is 9.67. The second-order valence-electron chi connectivity index (χ2n) is 15.3. The van der Waals surface area contributed by atoms with Gasteiger partial charge in [-0.15, -0.1) is 0 Å². The fraction of sp³-hybridized carbons (Fsp3) is 0.381. The fourth-order valence-corrected chi connectivity index (χ4v) is 8.31. The number of nitrogens with zero attached hydrogens (tertiary/aromatic N) is 7. The van der Waals surface area contributed by atoms with Crippen LogP contribution >= 0.6 is 0 Å². The third-order valence-corrected chi connectivity index (χ3v) is 11.5. The number of benzene rings is 2. The van der Waals surface area contributed by atoms with Crippen LogP contribution in [0, 0.1) is 18.7 Å². The molecule has 294 valence electrons. The highest BCUT2D eigenvalue weighted by Gasteiger charge is 2.28. The predicted molar refractivity (Wildman–Crippen MR) is 219 cm³/mol. The summed E-state index contributed by atoms with van der Waals surface area (Å²) >= 11 is 0. The number of amides is 2. The topological polar surface area (TPSA) is 153 Å². The van der Waals surface area contributed by atoms with Gasteiger partial charge >= 0.3 is 0 Å². The summed E-state index contributed by atoms with van der Waals surface area (Å²) in [5.74, 6) is 1.77. The number of anilines is 6. The maximum absolute atomic E-state index is 15.2. The molecule has 2 aromatic carbocycles. The molecular weight excluding hydrogens is 726 g/mol. The van der Waals surface area contributed by atoms with Gasteiger partial charge in [0, 0.05) is 87.8 Å². The van der Waals surface area contributed by atoms with E-state index >= 15 is 4.39 Å². The van der Waals surface area contributed by atoms with Gasteiger partial charge in [-0.3, -0.25) is 19.8 Å². The molecule has 4 aliphatic rings. The van der Waals surface area contributed by atoms with Crippen LogP contribution in [0.25, 0.3) is 22.0 Å². The molecule has 0 saturated carbocycles. The second-order valence-corrected chi connectivity index (χ2v) is 15.3. The smallest absolute Gasteiger partial charge is 0.249 e. The molecule has 9 rings (SSSR count). The first-order chi connectivity index (χ1) is 27.8. The lowest BCUT2D eigenvalue weighted by atomic mass is 9.96. The van der Waals surface area contributed by atoms with Crippen molar-refractivity contribution < 1.29 is 18.7 Å². The molecule has 1 atom stereocenters. The molecule has 3 fully saturated rings. The summed E-state index contributed by atoms with van der Waals surface area (Å²) in [5.41, 5.74) is 6.88. The zero-order chi connectivity index (χ0) is 38.9. The Morgan fingerprint density at radius 3 is 2.51 bits per heavy atom. The maximum atomic E-state index is 15.2. The Kier molecular flexibility index (Phi) is 10.1. The number of carbonyl (C=O) groups excluding carboxylic acids is 2. The molecule has 1 unspecified atom stereocenters. The van der Waals surface area contributed by atoms with Crippen molar-refractivity contribution in [2.24, 2.45) is 5.92 Å². The molecule has 4 N–H and O–H groups in total. The minimum atomic E-state index is -0.542. The number of pyridine rings is 2. The number of aromatic nitrogens is 4. The number of rotatable bonds is 9. The summed E-state index contributed by atoms with van der Waals surface area (Å²) in [6, 6.07) is 14.8. The monoisotopic (exact) mass is 771 g/mol. The van der Waals surface area contributed by atoms with E-state index in [2.05, 4.69) is 71.1 Å². The number of halogens is 1. The number of ether oxygens (including phenoxy) is 1. The number of carbonyl (C=O) groups is 2. The number of piperidine rings is 2. The van der Waals surface area contributed by atoms with E-state index in [-0.39, 0.29) is 24.1 Å². The van der Waals surface area contributed by atoms with Crippen LogP contribution in [0.5, 0.6) is 5.88 Å². The molecule has 0 aliphatic carbocycles. The Balaban J connectivity index is 0.745. The third kappa shape index (κ3) is 7.97. The van der Waals surface area contributed by atoms with Crippen molar-refractivity contribution >= 4 is 57.2 Å². The van der Waals surface area contributed by atoms with E-state index < -0.39 is 6.04 Å². The first kappa shape index (κ1) is 36.5. The molecule has 7 heterocycles. The quantitative estimate of drug-likeness (QED) is 0.143. The molecule has 4 aliphatic heterocycles. The van der Waals surface area contributed by atoms with Crippen molar-refractivity contribution in [1.82, 2.24) is 30.2 Å². The molecule has 0 bridgehead atoms. The summed E-state index contributed by atoms with van der Waals surface area (Å²) < 4.78 is 20.9. The molecule has 5 aromatic rings. The fourth-order valence-electron chi connectivity index (χ4n) is 8.31. The van der Waals surface area contributed by atoms with Gasteiger partial charge in [0.25, 0.3) is 0 Å². The Morgan fingerprint density at radius 2 is 1.72 bits per heavy atom. The van der Waals surface area contributed by atoms with E-state index in [0.717, 1.165) is 110 Å². The Labute approximate surface area is 330 Å². The molecule has 2 amide bonds. The third-order valence-electron chi connectivity index (χ3n) is 11.5. The lowest BCUT2D eigenvalue weighted by Gasteiger charge is -2.40. The predicted octanol–water partition coefficient (Wildman–Crippen LogP) is 5.34. The van der Waals surface area contributed by atoms with Gasteiger partial charge in [-0.05, 0) is 79.6 Å². The molecule has 14 nitrogen and oxygen atoms in total.